The molecule has 3 aliphatic rings. The van der Waals surface area contributed by atoms with Gasteiger partial charge in [0.25, 0.3) is 5.91 Å². The highest BCUT2D eigenvalue weighted by molar-refractivity contribution is 6.30. The summed E-state index contributed by atoms with van der Waals surface area (Å²) in [5.74, 6) is -1.61. The number of imide groups is 2. The van der Waals surface area contributed by atoms with Gasteiger partial charge in [0.05, 0.1) is 11.7 Å². The van der Waals surface area contributed by atoms with Crippen LogP contribution in [0, 0.1) is 11.2 Å². The van der Waals surface area contributed by atoms with E-state index in [1.54, 1.807) is 0 Å². The SMILES string of the molecule is CN1CCN2c3ccccc3C[C@]3(C(=O)NC(=O)N(c4ccc(F)cc4)C3=O)[C@@H]2C1. The standard InChI is InChI=1S/C22H21FN4O3/c1-25-10-11-26-17-5-3-2-4-14(17)12-22(18(26)13-25)19(28)24-21(30)27(20(22)29)16-8-6-15(23)7-9-16/h2-9,18H,10-13H2,1H3,(H,24,28,30)/t18-,22+/m0/s1. The zero-order chi connectivity index (χ0) is 21.0. The van der Waals surface area contributed by atoms with E-state index >= 15 is 0 Å². The molecule has 5 rings (SSSR count). The minimum absolute atomic E-state index is 0.202. The van der Waals surface area contributed by atoms with Gasteiger partial charge in [-0.25, -0.2) is 14.1 Å². The summed E-state index contributed by atoms with van der Waals surface area (Å²) in [6.45, 7) is 1.99. The highest BCUT2D eigenvalue weighted by atomic mass is 19.1. The lowest BCUT2D eigenvalue weighted by Crippen LogP contribution is -2.75. The van der Waals surface area contributed by atoms with Gasteiger partial charge in [-0.15, -0.1) is 0 Å². The molecule has 4 amide bonds. The van der Waals surface area contributed by atoms with Crippen LogP contribution >= 0.6 is 0 Å². The number of halogens is 1. The van der Waals surface area contributed by atoms with E-state index in [-0.39, 0.29) is 12.1 Å². The second kappa shape index (κ2) is 6.63. The number of piperazine rings is 1. The van der Waals surface area contributed by atoms with Gasteiger partial charge in [-0.2, -0.15) is 0 Å². The van der Waals surface area contributed by atoms with Gasteiger partial charge < -0.3 is 9.80 Å². The molecular weight excluding hydrogens is 387 g/mol. The molecule has 0 bridgehead atoms. The lowest BCUT2D eigenvalue weighted by atomic mass is 9.67. The van der Waals surface area contributed by atoms with Crippen LogP contribution in [0.25, 0.3) is 0 Å². The molecular formula is C22H21FN4O3. The summed E-state index contributed by atoms with van der Waals surface area (Å²) >= 11 is 0. The molecule has 0 saturated carbocycles. The largest absolute Gasteiger partial charge is 0.364 e. The molecule has 0 radical (unpaired) electrons. The van der Waals surface area contributed by atoms with Crippen molar-refractivity contribution in [2.75, 3.05) is 36.5 Å². The Hall–Kier alpha value is -3.26. The number of nitrogens with one attached hydrogen (secondary N) is 1. The minimum Gasteiger partial charge on any atom is -0.364 e. The fourth-order valence-corrected chi connectivity index (χ4v) is 4.92. The third-order valence-corrected chi connectivity index (χ3v) is 6.42. The van der Waals surface area contributed by atoms with Crippen LogP contribution in [0.2, 0.25) is 0 Å². The molecule has 154 valence electrons. The van der Waals surface area contributed by atoms with Crippen molar-refractivity contribution in [1.82, 2.24) is 10.2 Å². The molecule has 0 aromatic heterocycles. The second-order valence-electron chi connectivity index (χ2n) is 8.12. The van der Waals surface area contributed by atoms with Crippen LogP contribution in [-0.2, 0) is 16.0 Å². The number of hydrogen-bond acceptors (Lipinski definition) is 5. The van der Waals surface area contributed by atoms with Gasteiger partial charge in [-0.1, -0.05) is 18.2 Å². The van der Waals surface area contributed by atoms with Crippen LogP contribution in [0.4, 0.5) is 20.6 Å². The molecule has 30 heavy (non-hydrogen) atoms. The Morgan fingerprint density at radius 2 is 1.77 bits per heavy atom. The van der Waals surface area contributed by atoms with Crippen LogP contribution in [0.3, 0.4) is 0 Å². The third-order valence-electron chi connectivity index (χ3n) is 6.42. The van der Waals surface area contributed by atoms with Crippen molar-refractivity contribution in [2.24, 2.45) is 5.41 Å². The Bertz CT molecular complexity index is 1060. The fraction of sp³-hybridized carbons (Fsp3) is 0.318. The summed E-state index contributed by atoms with van der Waals surface area (Å²) < 4.78 is 13.4. The van der Waals surface area contributed by atoms with E-state index < -0.39 is 35.1 Å². The smallest absolute Gasteiger partial charge is 0.335 e. The van der Waals surface area contributed by atoms with E-state index in [2.05, 4.69) is 15.1 Å². The van der Waals surface area contributed by atoms with Crippen molar-refractivity contribution >= 4 is 29.2 Å². The number of nitrogens with zero attached hydrogens (tertiary/aromatic N) is 3. The van der Waals surface area contributed by atoms with Crippen LogP contribution < -0.4 is 15.1 Å². The Morgan fingerprint density at radius 1 is 1.03 bits per heavy atom. The Balaban J connectivity index is 1.66. The van der Waals surface area contributed by atoms with E-state index in [4.69, 9.17) is 0 Å². The first-order valence-corrected chi connectivity index (χ1v) is 9.90. The molecule has 2 saturated heterocycles. The molecule has 2 fully saturated rings. The fourth-order valence-electron chi connectivity index (χ4n) is 4.92. The molecule has 2 atom stereocenters. The van der Waals surface area contributed by atoms with Gasteiger partial charge in [-0.3, -0.25) is 14.9 Å². The number of para-hydroxylation sites is 1. The highest BCUT2D eigenvalue weighted by Gasteiger charge is 2.62. The number of amides is 4. The van der Waals surface area contributed by atoms with E-state index in [1.165, 1.54) is 24.3 Å². The van der Waals surface area contributed by atoms with Crippen molar-refractivity contribution in [1.29, 1.82) is 0 Å². The summed E-state index contributed by atoms with van der Waals surface area (Å²) in [6, 6.07) is 11.7. The van der Waals surface area contributed by atoms with Crippen LogP contribution in [0.1, 0.15) is 5.56 Å². The summed E-state index contributed by atoms with van der Waals surface area (Å²) in [5.41, 5.74) is 0.702. The van der Waals surface area contributed by atoms with Crippen molar-refractivity contribution in [3.8, 4) is 0 Å². The van der Waals surface area contributed by atoms with Crippen LogP contribution in [-0.4, -0.2) is 55.5 Å². The predicted octanol–water partition coefficient (Wildman–Crippen LogP) is 1.77. The lowest BCUT2D eigenvalue weighted by Gasteiger charge is -2.55. The number of carbonyl (C=O) groups is 3. The first kappa shape index (κ1) is 18.7. The normalized spacial score (nSPS) is 26.5. The maximum Gasteiger partial charge on any atom is 0.335 e. The van der Waals surface area contributed by atoms with E-state index in [9.17, 15) is 18.8 Å². The first-order chi connectivity index (χ1) is 14.4. The number of barbiturate groups is 1. The predicted molar refractivity (Wildman–Crippen MR) is 109 cm³/mol. The second-order valence-corrected chi connectivity index (χ2v) is 8.12. The first-order valence-electron chi connectivity index (χ1n) is 9.90. The van der Waals surface area contributed by atoms with Gasteiger partial charge in [0.15, 0.2) is 5.41 Å². The number of likely N-dealkylation sites (N-methyl/N-ethyl adjacent to an activating group) is 1. The number of urea groups is 1. The maximum absolute atomic E-state index is 13.9. The monoisotopic (exact) mass is 408 g/mol. The van der Waals surface area contributed by atoms with Crippen molar-refractivity contribution < 1.29 is 18.8 Å². The van der Waals surface area contributed by atoms with Gasteiger partial charge in [0.2, 0.25) is 5.91 Å². The van der Waals surface area contributed by atoms with E-state index in [0.29, 0.717) is 13.1 Å². The zero-order valence-electron chi connectivity index (χ0n) is 16.5. The Morgan fingerprint density at radius 3 is 2.53 bits per heavy atom. The van der Waals surface area contributed by atoms with Crippen molar-refractivity contribution in [3.05, 3.63) is 59.9 Å². The van der Waals surface area contributed by atoms with Crippen molar-refractivity contribution in [3.63, 3.8) is 0 Å². The summed E-state index contributed by atoms with van der Waals surface area (Å²) in [7, 11) is 1.96. The number of rotatable bonds is 1. The van der Waals surface area contributed by atoms with Gasteiger partial charge in [0.1, 0.15) is 5.82 Å². The van der Waals surface area contributed by atoms with E-state index in [0.717, 1.165) is 22.7 Å². The number of hydrogen-bond donors (Lipinski definition) is 1. The number of fused-ring (bicyclic) bond motifs is 4. The molecule has 2 aromatic carbocycles. The lowest BCUT2D eigenvalue weighted by molar-refractivity contribution is -0.145. The zero-order valence-corrected chi connectivity index (χ0v) is 16.5. The van der Waals surface area contributed by atoms with Crippen LogP contribution in [0.5, 0.6) is 0 Å². The molecule has 0 aliphatic carbocycles. The molecule has 0 unspecified atom stereocenters. The minimum atomic E-state index is -1.45. The topological polar surface area (TPSA) is 73.0 Å². The molecule has 3 heterocycles. The third kappa shape index (κ3) is 2.56. The quantitative estimate of drug-likeness (QED) is 0.729. The molecule has 1 spiro atoms. The Kier molecular flexibility index (Phi) is 4.14. The van der Waals surface area contributed by atoms with Gasteiger partial charge in [-0.05, 0) is 49.4 Å². The summed E-state index contributed by atoms with van der Waals surface area (Å²) in [6.07, 6.45) is 0.202. The summed E-state index contributed by atoms with van der Waals surface area (Å²) in [5, 5.41) is 2.40. The summed E-state index contributed by atoms with van der Waals surface area (Å²) in [4.78, 5) is 45.0. The van der Waals surface area contributed by atoms with E-state index in [1.807, 2.05) is 31.3 Å². The molecule has 2 aromatic rings. The number of benzene rings is 2. The molecule has 1 N–H and O–H groups in total. The van der Waals surface area contributed by atoms with Gasteiger partial charge >= 0.3 is 6.03 Å². The average molecular weight is 408 g/mol. The highest BCUT2D eigenvalue weighted by Crippen LogP contribution is 2.46. The molecule has 8 heteroatoms. The molecule has 7 nitrogen and oxygen atoms in total. The molecule has 3 aliphatic heterocycles. The number of anilines is 2. The number of carbonyl (C=O) groups excluding carboxylic acids is 3. The van der Waals surface area contributed by atoms with Crippen molar-refractivity contribution in [2.45, 2.75) is 12.5 Å². The van der Waals surface area contributed by atoms with Gasteiger partial charge in [0, 0.05) is 25.3 Å². The average Bonchev–Trinajstić information content (AvgIpc) is 2.73. The van der Waals surface area contributed by atoms with Crippen LogP contribution in [0.15, 0.2) is 48.5 Å². The maximum atomic E-state index is 13.9. The Labute approximate surface area is 173 Å².